The minimum atomic E-state index is 0.0797. The van der Waals surface area contributed by atoms with Crippen LogP contribution in [-0.2, 0) is 9.59 Å². The van der Waals surface area contributed by atoms with Gasteiger partial charge in [-0.15, -0.1) is 0 Å². The molecule has 0 aromatic rings. The molecule has 3 nitrogen and oxygen atoms in total. The molecule has 0 aliphatic carbocycles. The highest BCUT2D eigenvalue weighted by Gasteiger charge is 2.01. The predicted octanol–water partition coefficient (Wildman–Crippen LogP) is 1.96. The van der Waals surface area contributed by atoms with Gasteiger partial charge in [0.25, 0.3) is 0 Å². The molecule has 0 bridgehead atoms. The van der Waals surface area contributed by atoms with E-state index < -0.39 is 0 Å². The number of rotatable bonds is 7. The number of hydrogen-bond acceptors (Lipinski definition) is 3. The Morgan fingerprint density at radius 1 is 1.14 bits per heavy atom. The van der Waals surface area contributed by atoms with E-state index in [0.29, 0.717) is 25.1 Å². The van der Waals surface area contributed by atoms with Crippen molar-refractivity contribution in [3.05, 3.63) is 0 Å². The molecule has 0 aromatic carbocycles. The van der Waals surface area contributed by atoms with Crippen molar-refractivity contribution in [3.8, 4) is 0 Å². The quantitative estimate of drug-likeness (QED) is 0.663. The largest absolute Gasteiger partial charge is 0.355 e. The van der Waals surface area contributed by atoms with Crippen LogP contribution in [0.1, 0.15) is 39.5 Å². The van der Waals surface area contributed by atoms with Gasteiger partial charge in [0.15, 0.2) is 5.12 Å². The fourth-order valence-corrected chi connectivity index (χ4v) is 1.73. The lowest BCUT2D eigenvalue weighted by Crippen LogP contribution is -2.25. The molecule has 0 heterocycles. The van der Waals surface area contributed by atoms with Crippen molar-refractivity contribution in [2.45, 2.75) is 39.5 Å². The summed E-state index contributed by atoms with van der Waals surface area (Å²) in [5.74, 6) is 0.768. The molecule has 0 atom stereocenters. The van der Waals surface area contributed by atoms with Crippen molar-refractivity contribution in [1.29, 1.82) is 0 Å². The standard InChI is InChI=1S/C10H19NO2S/c1-3-5-9(12)11-7-8-14-10(13)6-4-2/h3-8H2,1-2H3,(H,11,12). The van der Waals surface area contributed by atoms with E-state index in [1.54, 1.807) is 0 Å². The van der Waals surface area contributed by atoms with E-state index in [9.17, 15) is 9.59 Å². The first-order valence-electron chi connectivity index (χ1n) is 5.13. The molecule has 4 heteroatoms. The Morgan fingerprint density at radius 2 is 1.79 bits per heavy atom. The van der Waals surface area contributed by atoms with Crippen molar-refractivity contribution < 1.29 is 9.59 Å². The van der Waals surface area contributed by atoms with Crippen molar-refractivity contribution in [2.75, 3.05) is 12.3 Å². The highest BCUT2D eigenvalue weighted by Crippen LogP contribution is 2.05. The van der Waals surface area contributed by atoms with Gasteiger partial charge in [0.1, 0.15) is 0 Å². The second-order valence-electron chi connectivity index (χ2n) is 3.07. The number of thioether (sulfide) groups is 1. The van der Waals surface area contributed by atoms with Crippen molar-refractivity contribution in [2.24, 2.45) is 0 Å². The lowest BCUT2D eigenvalue weighted by molar-refractivity contribution is -0.121. The van der Waals surface area contributed by atoms with Gasteiger partial charge in [-0.25, -0.2) is 0 Å². The molecule has 1 N–H and O–H groups in total. The van der Waals surface area contributed by atoms with Gasteiger partial charge in [-0.2, -0.15) is 0 Å². The number of amides is 1. The highest BCUT2D eigenvalue weighted by molar-refractivity contribution is 8.13. The predicted molar refractivity (Wildman–Crippen MR) is 60.3 cm³/mol. The smallest absolute Gasteiger partial charge is 0.220 e. The number of carbonyl (C=O) groups excluding carboxylic acids is 2. The summed E-state index contributed by atoms with van der Waals surface area (Å²) in [5.41, 5.74) is 0. The summed E-state index contributed by atoms with van der Waals surface area (Å²) in [4.78, 5) is 22.1. The summed E-state index contributed by atoms with van der Waals surface area (Å²) in [7, 11) is 0. The Hall–Kier alpha value is -0.510. The minimum Gasteiger partial charge on any atom is -0.355 e. The van der Waals surface area contributed by atoms with Crippen LogP contribution in [-0.4, -0.2) is 23.3 Å². The third-order valence-corrected chi connectivity index (χ3v) is 2.55. The molecule has 0 radical (unpaired) electrons. The van der Waals surface area contributed by atoms with Gasteiger partial charge < -0.3 is 5.32 Å². The normalized spacial score (nSPS) is 9.86. The van der Waals surface area contributed by atoms with Gasteiger partial charge >= 0.3 is 0 Å². The zero-order valence-corrected chi connectivity index (χ0v) is 9.78. The van der Waals surface area contributed by atoms with Gasteiger partial charge in [-0.1, -0.05) is 25.6 Å². The Kier molecular flexibility index (Phi) is 8.73. The van der Waals surface area contributed by atoms with Gasteiger partial charge in [0.2, 0.25) is 5.91 Å². The van der Waals surface area contributed by atoms with Crippen LogP contribution in [0.25, 0.3) is 0 Å². The van der Waals surface area contributed by atoms with E-state index in [-0.39, 0.29) is 11.0 Å². The average Bonchev–Trinajstić information content (AvgIpc) is 2.13. The number of hydrogen-bond donors (Lipinski definition) is 1. The topological polar surface area (TPSA) is 46.2 Å². The summed E-state index contributed by atoms with van der Waals surface area (Å²) < 4.78 is 0. The van der Waals surface area contributed by atoms with Gasteiger partial charge in [0, 0.05) is 25.1 Å². The monoisotopic (exact) mass is 217 g/mol. The summed E-state index contributed by atoms with van der Waals surface area (Å²) in [6.45, 7) is 4.56. The molecule has 0 spiro atoms. The summed E-state index contributed by atoms with van der Waals surface area (Å²) in [5, 5.41) is 2.99. The minimum absolute atomic E-state index is 0.0797. The molecule has 0 saturated carbocycles. The van der Waals surface area contributed by atoms with E-state index in [2.05, 4.69) is 5.32 Å². The molecule has 0 fully saturated rings. The molecule has 0 aliphatic rings. The second-order valence-corrected chi connectivity index (χ2v) is 4.22. The lowest BCUT2D eigenvalue weighted by Gasteiger charge is -2.02. The van der Waals surface area contributed by atoms with Gasteiger partial charge in [0.05, 0.1) is 0 Å². The second kappa shape index (κ2) is 9.06. The number of carbonyl (C=O) groups is 2. The molecule has 1 amide bonds. The van der Waals surface area contributed by atoms with Crippen LogP contribution in [0.2, 0.25) is 0 Å². The van der Waals surface area contributed by atoms with Crippen molar-refractivity contribution in [1.82, 2.24) is 5.32 Å². The maximum absolute atomic E-state index is 11.1. The molecule has 0 aliphatic heterocycles. The lowest BCUT2D eigenvalue weighted by atomic mass is 10.3. The first kappa shape index (κ1) is 13.5. The van der Waals surface area contributed by atoms with Crippen LogP contribution in [0, 0.1) is 0 Å². The molecule has 0 aromatic heterocycles. The van der Waals surface area contributed by atoms with Crippen LogP contribution in [0.5, 0.6) is 0 Å². The fraction of sp³-hybridized carbons (Fsp3) is 0.800. The van der Waals surface area contributed by atoms with Crippen molar-refractivity contribution in [3.63, 3.8) is 0 Å². The summed E-state index contributed by atoms with van der Waals surface area (Å²) in [6.07, 6.45) is 2.98. The summed E-state index contributed by atoms with van der Waals surface area (Å²) in [6, 6.07) is 0. The van der Waals surface area contributed by atoms with Crippen LogP contribution < -0.4 is 5.32 Å². The fourth-order valence-electron chi connectivity index (χ4n) is 0.947. The third-order valence-electron chi connectivity index (χ3n) is 1.62. The maximum atomic E-state index is 11.1. The van der Waals surface area contributed by atoms with E-state index >= 15 is 0 Å². The maximum Gasteiger partial charge on any atom is 0.220 e. The molecule has 0 rings (SSSR count). The Labute approximate surface area is 90.0 Å². The molecule has 0 saturated heterocycles. The van der Waals surface area contributed by atoms with Crippen LogP contribution >= 0.6 is 11.8 Å². The zero-order chi connectivity index (χ0) is 10.8. The Morgan fingerprint density at radius 3 is 2.36 bits per heavy atom. The van der Waals surface area contributed by atoms with Crippen LogP contribution in [0.15, 0.2) is 0 Å². The Balaban J connectivity index is 3.28. The van der Waals surface area contributed by atoms with Crippen LogP contribution in [0.4, 0.5) is 0 Å². The summed E-state index contributed by atoms with van der Waals surface area (Å²) >= 11 is 1.31. The first-order valence-corrected chi connectivity index (χ1v) is 6.11. The molecule has 0 unspecified atom stereocenters. The van der Waals surface area contributed by atoms with Crippen molar-refractivity contribution >= 4 is 22.8 Å². The van der Waals surface area contributed by atoms with Gasteiger partial charge in [-0.05, 0) is 12.8 Å². The third kappa shape index (κ3) is 8.10. The van der Waals surface area contributed by atoms with E-state index in [1.165, 1.54) is 11.8 Å². The Bertz CT molecular complexity index is 163. The molecular formula is C10H19NO2S. The zero-order valence-electron chi connectivity index (χ0n) is 8.97. The average molecular weight is 217 g/mol. The van der Waals surface area contributed by atoms with E-state index in [4.69, 9.17) is 0 Å². The number of nitrogens with one attached hydrogen (secondary N) is 1. The van der Waals surface area contributed by atoms with Gasteiger partial charge in [-0.3, -0.25) is 9.59 Å². The molecular weight excluding hydrogens is 198 g/mol. The molecule has 14 heavy (non-hydrogen) atoms. The molecule has 82 valence electrons. The van der Waals surface area contributed by atoms with Crippen LogP contribution in [0.3, 0.4) is 0 Å². The SMILES string of the molecule is CCCC(=O)NCCSC(=O)CCC. The highest BCUT2D eigenvalue weighted by atomic mass is 32.2. The van der Waals surface area contributed by atoms with E-state index in [0.717, 1.165) is 12.8 Å². The van der Waals surface area contributed by atoms with E-state index in [1.807, 2.05) is 13.8 Å². The first-order chi connectivity index (χ1) is 6.70.